The Kier molecular flexibility index (Phi) is 6.04. The van der Waals surface area contributed by atoms with Crippen LogP contribution in [0.2, 0.25) is 0 Å². The number of hydrogen-bond acceptors (Lipinski definition) is 3. The molecule has 1 heterocycles. The first kappa shape index (κ1) is 18.2. The number of carbonyl (C=O) groups is 1. The van der Waals surface area contributed by atoms with Crippen molar-refractivity contribution in [2.75, 3.05) is 13.7 Å². The second kappa shape index (κ2) is 8.65. The smallest absolute Gasteiger partial charge is 0.249 e. The van der Waals surface area contributed by atoms with Crippen LogP contribution in [0.25, 0.3) is 10.9 Å². The molecule has 1 aromatic heterocycles. The van der Waals surface area contributed by atoms with Gasteiger partial charge >= 0.3 is 0 Å². The highest BCUT2D eigenvalue weighted by atomic mass is 16.5. The molecule has 26 heavy (non-hydrogen) atoms. The second-order valence-corrected chi connectivity index (χ2v) is 6.37. The number of benzene rings is 2. The van der Waals surface area contributed by atoms with Crippen LogP contribution in [-0.4, -0.2) is 41.9 Å². The fourth-order valence-corrected chi connectivity index (χ4v) is 3.13. The summed E-state index contributed by atoms with van der Waals surface area (Å²) in [7, 11) is 1.53. The lowest BCUT2D eigenvalue weighted by atomic mass is 10.0. The van der Waals surface area contributed by atoms with Gasteiger partial charge in [-0.2, -0.15) is 0 Å². The number of ether oxygens (including phenoxy) is 1. The van der Waals surface area contributed by atoms with Crippen molar-refractivity contribution in [2.45, 2.75) is 25.0 Å². The Balaban J connectivity index is 1.65. The Morgan fingerprint density at radius 1 is 1.12 bits per heavy atom. The van der Waals surface area contributed by atoms with E-state index in [0.717, 1.165) is 22.0 Å². The minimum atomic E-state index is -0.589. The molecule has 0 saturated carbocycles. The summed E-state index contributed by atoms with van der Waals surface area (Å²) in [6, 6.07) is 17.4. The van der Waals surface area contributed by atoms with Gasteiger partial charge in [0.15, 0.2) is 0 Å². The van der Waals surface area contributed by atoms with Gasteiger partial charge in [-0.15, -0.1) is 0 Å². The third-order valence-electron chi connectivity index (χ3n) is 4.55. The molecule has 5 heteroatoms. The Morgan fingerprint density at radius 2 is 1.85 bits per heavy atom. The molecule has 0 unspecified atom stereocenters. The van der Waals surface area contributed by atoms with Crippen LogP contribution in [0.15, 0.2) is 60.8 Å². The molecule has 5 nitrogen and oxygen atoms in total. The van der Waals surface area contributed by atoms with E-state index in [-0.39, 0.29) is 18.6 Å². The molecule has 0 saturated heterocycles. The number of carbonyl (C=O) groups excluding carboxylic acids is 1. The van der Waals surface area contributed by atoms with Crippen molar-refractivity contribution in [3.05, 3.63) is 71.9 Å². The third-order valence-corrected chi connectivity index (χ3v) is 4.55. The summed E-state index contributed by atoms with van der Waals surface area (Å²) in [6.45, 7) is -0.132. The maximum atomic E-state index is 12.6. The van der Waals surface area contributed by atoms with Crippen LogP contribution in [0, 0.1) is 0 Å². The quantitative estimate of drug-likeness (QED) is 0.583. The van der Waals surface area contributed by atoms with Gasteiger partial charge in [-0.3, -0.25) is 4.79 Å². The van der Waals surface area contributed by atoms with Crippen LogP contribution in [0.3, 0.4) is 0 Å². The average Bonchev–Trinajstić information content (AvgIpc) is 3.09. The van der Waals surface area contributed by atoms with Crippen LogP contribution in [-0.2, 0) is 22.4 Å². The van der Waals surface area contributed by atoms with E-state index in [1.54, 1.807) is 0 Å². The minimum Gasteiger partial charge on any atom is -0.394 e. The van der Waals surface area contributed by atoms with E-state index in [1.807, 2.05) is 60.8 Å². The number of para-hydroxylation sites is 1. The fraction of sp³-hybridized carbons (Fsp3) is 0.286. The first-order chi connectivity index (χ1) is 12.7. The van der Waals surface area contributed by atoms with Crippen molar-refractivity contribution >= 4 is 16.8 Å². The number of amides is 1. The molecule has 0 fully saturated rings. The highest BCUT2D eigenvalue weighted by Gasteiger charge is 2.22. The number of hydrogen-bond donors (Lipinski definition) is 3. The third kappa shape index (κ3) is 4.31. The zero-order valence-electron chi connectivity index (χ0n) is 14.8. The molecule has 3 rings (SSSR count). The van der Waals surface area contributed by atoms with Crippen LogP contribution in [0.4, 0.5) is 0 Å². The highest BCUT2D eigenvalue weighted by Crippen LogP contribution is 2.19. The second-order valence-electron chi connectivity index (χ2n) is 6.37. The number of rotatable bonds is 8. The Labute approximate surface area is 153 Å². The van der Waals surface area contributed by atoms with Gasteiger partial charge in [-0.1, -0.05) is 48.5 Å². The lowest BCUT2D eigenvalue weighted by Crippen LogP contribution is -2.45. The standard InChI is InChI=1S/C21H24N2O3/c1-26-20(11-15-7-3-2-4-8-15)21(25)23-17(14-24)12-16-13-22-19-10-6-5-9-18(16)19/h2-10,13,17,20,22,24H,11-12,14H2,1H3,(H,23,25)/t17-,20-/m0/s1. The van der Waals surface area contributed by atoms with Gasteiger partial charge in [0.05, 0.1) is 12.6 Å². The summed E-state index contributed by atoms with van der Waals surface area (Å²) in [4.78, 5) is 15.8. The average molecular weight is 352 g/mol. The SMILES string of the molecule is CO[C@@H](Cc1ccccc1)C(=O)N[C@H](CO)Cc1c[nH]c2ccccc12. The topological polar surface area (TPSA) is 74.3 Å². The van der Waals surface area contributed by atoms with Gasteiger partial charge in [0, 0.05) is 30.6 Å². The molecule has 0 bridgehead atoms. The van der Waals surface area contributed by atoms with Gasteiger partial charge in [0.1, 0.15) is 6.10 Å². The number of fused-ring (bicyclic) bond motifs is 1. The number of aliphatic hydroxyl groups is 1. The van der Waals surface area contributed by atoms with Crippen molar-refractivity contribution in [3.63, 3.8) is 0 Å². The molecule has 0 aliphatic rings. The van der Waals surface area contributed by atoms with E-state index >= 15 is 0 Å². The molecule has 1 amide bonds. The molecule has 2 aromatic carbocycles. The van der Waals surface area contributed by atoms with Crippen molar-refractivity contribution in [2.24, 2.45) is 0 Å². The van der Waals surface area contributed by atoms with Crippen molar-refractivity contribution in [3.8, 4) is 0 Å². The summed E-state index contributed by atoms with van der Waals surface area (Å²) in [5, 5.41) is 13.7. The first-order valence-electron chi connectivity index (χ1n) is 8.74. The molecule has 3 aromatic rings. The van der Waals surface area contributed by atoms with E-state index in [4.69, 9.17) is 4.74 Å². The summed E-state index contributed by atoms with van der Waals surface area (Å²) < 4.78 is 5.37. The van der Waals surface area contributed by atoms with Gasteiger partial charge in [-0.05, 0) is 23.6 Å². The number of aromatic nitrogens is 1. The van der Waals surface area contributed by atoms with Crippen LogP contribution < -0.4 is 5.32 Å². The monoisotopic (exact) mass is 352 g/mol. The predicted octanol–water partition coefficient (Wildman–Crippen LogP) is 2.45. The van der Waals surface area contributed by atoms with Crippen molar-refractivity contribution in [1.82, 2.24) is 10.3 Å². The van der Waals surface area contributed by atoms with E-state index in [9.17, 15) is 9.90 Å². The highest BCUT2D eigenvalue weighted by molar-refractivity contribution is 5.84. The maximum Gasteiger partial charge on any atom is 0.249 e. The van der Waals surface area contributed by atoms with E-state index < -0.39 is 6.10 Å². The molecule has 0 radical (unpaired) electrons. The molecule has 0 spiro atoms. The zero-order valence-corrected chi connectivity index (χ0v) is 14.8. The minimum absolute atomic E-state index is 0.132. The molecule has 136 valence electrons. The van der Waals surface area contributed by atoms with Gasteiger partial charge in [0.2, 0.25) is 5.91 Å². The van der Waals surface area contributed by atoms with Gasteiger partial charge < -0.3 is 20.1 Å². The van der Waals surface area contributed by atoms with Crippen molar-refractivity contribution in [1.29, 1.82) is 0 Å². The molecule has 0 aliphatic carbocycles. The summed E-state index contributed by atoms with van der Waals surface area (Å²) in [5.41, 5.74) is 3.15. The van der Waals surface area contributed by atoms with Crippen LogP contribution >= 0.6 is 0 Å². The summed E-state index contributed by atoms with van der Waals surface area (Å²) in [5.74, 6) is -0.213. The lowest BCUT2D eigenvalue weighted by molar-refractivity contribution is -0.132. The maximum absolute atomic E-state index is 12.6. The molecule has 0 aliphatic heterocycles. The Bertz CT molecular complexity index is 845. The van der Waals surface area contributed by atoms with Crippen molar-refractivity contribution < 1.29 is 14.6 Å². The van der Waals surface area contributed by atoms with Crippen LogP contribution in [0.5, 0.6) is 0 Å². The first-order valence-corrected chi connectivity index (χ1v) is 8.74. The summed E-state index contributed by atoms with van der Waals surface area (Å²) >= 11 is 0. The lowest BCUT2D eigenvalue weighted by Gasteiger charge is -2.20. The normalized spacial score (nSPS) is 13.5. The number of H-pyrrole nitrogens is 1. The van der Waals surface area contributed by atoms with Gasteiger partial charge in [-0.25, -0.2) is 0 Å². The molecular weight excluding hydrogens is 328 g/mol. The number of methoxy groups -OCH3 is 1. The number of aliphatic hydroxyl groups excluding tert-OH is 1. The zero-order chi connectivity index (χ0) is 18.4. The van der Waals surface area contributed by atoms with E-state index in [2.05, 4.69) is 10.3 Å². The van der Waals surface area contributed by atoms with E-state index in [1.165, 1.54) is 7.11 Å². The summed E-state index contributed by atoms with van der Waals surface area (Å²) in [6.07, 6.45) is 2.38. The molecule has 2 atom stereocenters. The number of nitrogens with one attached hydrogen (secondary N) is 2. The number of aromatic amines is 1. The van der Waals surface area contributed by atoms with Crippen LogP contribution in [0.1, 0.15) is 11.1 Å². The molecular formula is C21H24N2O3. The largest absolute Gasteiger partial charge is 0.394 e. The Hall–Kier alpha value is -2.63. The Morgan fingerprint density at radius 3 is 2.58 bits per heavy atom. The molecule has 3 N–H and O–H groups in total. The van der Waals surface area contributed by atoms with E-state index in [0.29, 0.717) is 12.8 Å². The van der Waals surface area contributed by atoms with Gasteiger partial charge in [0.25, 0.3) is 0 Å². The predicted molar refractivity (Wildman–Crippen MR) is 102 cm³/mol. The fourth-order valence-electron chi connectivity index (χ4n) is 3.13.